The van der Waals surface area contributed by atoms with Gasteiger partial charge in [-0.2, -0.15) is 0 Å². The maximum absolute atomic E-state index is 11.0. The van der Waals surface area contributed by atoms with Crippen LogP contribution in [-0.4, -0.2) is 5.91 Å². The molecule has 0 saturated carbocycles. The van der Waals surface area contributed by atoms with Gasteiger partial charge in [0.25, 0.3) is 5.91 Å². The summed E-state index contributed by atoms with van der Waals surface area (Å²) in [5, 5.41) is 1.88. The minimum atomic E-state index is -3.58. The highest BCUT2D eigenvalue weighted by atomic mass is 35.9. The summed E-state index contributed by atoms with van der Waals surface area (Å²) in [5.41, 5.74) is 0. The van der Waals surface area contributed by atoms with Gasteiger partial charge < -0.3 is 4.42 Å². The van der Waals surface area contributed by atoms with E-state index >= 15 is 0 Å². The molecule has 0 fully saturated rings. The zero-order chi connectivity index (χ0) is 9.19. The Morgan fingerprint density at radius 3 is 2.67 bits per heavy atom. The van der Waals surface area contributed by atoms with Crippen LogP contribution in [0.15, 0.2) is 22.8 Å². The number of carbonyl (C=O) groups is 1. The van der Waals surface area contributed by atoms with Gasteiger partial charge in [-0.1, -0.05) is 0 Å². The van der Waals surface area contributed by atoms with Gasteiger partial charge in [-0.3, -0.25) is 14.4 Å². The zero-order valence-corrected chi connectivity index (χ0v) is 8.07. The van der Waals surface area contributed by atoms with E-state index in [0.29, 0.717) is 0 Å². The van der Waals surface area contributed by atoms with Crippen LogP contribution in [0.2, 0.25) is 0 Å². The van der Waals surface area contributed by atoms with Crippen molar-refractivity contribution in [1.29, 1.82) is 0 Å². The molecule has 0 spiro atoms. The lowest BCUT2D eigenvalue weighted by molar-refractivity contribution is 0.0955. The van der Waals surface area contributed by atoms with Crippen molar-refractivity contribution in [2.24, 2.45) is 0 Å². The van der Waals surface area contributed by atoms with Gasteiger partial charge in [0.15, 0.2) is 5.76 Å². The first-order chi connectivity index (χ1) is 5.49. The van der Waals surface area contributed by atoms with Crippen molar-refractivity contribution in [3.8, 4) is 0 Å². The van der Waals surface area contributed by atoms with Crippen molar-refractivity contribution in [1.82, 2.24) is 5.09 Å². The molecule has 7 heteroatoms. The first kappa shape index (κ1) is 9.65. The van der Waals surface area contributed by atoms with Crippen molar-refractivity contribution in [2.75, 3.05) is 0 Å². The molecule has 1 rings (SSSR count). The summed E-state index contributed by atoms with van der Waals surface area (Å²) < 4.78 is 15.4. The molecule has 66 valence electrons. The van der Waals surface area contributed by atoms with Crippen molar-refractivity contribution in [3.63, 3.8) is 0 Å². The van der Waals surface area contributed by atoms with Crippen LogP contribution in [0.1, 0.15) is 10.6 Å². The predicted molar refractivity (Wildman–Crippen MR) is 45.5 cm³/mol. The van der Waals surface area contributed by atoms with Crippen LogP contribution >= 0.6 is 28.5 Å². The van der Waals surface area contributed by atoms with Crippen LogP contribution in [0.25, 0.3) is 0 Å². The van der Waals surface area contributed by atoms with Crippen molar-refractivity contribution in [2.45, 2.75) is 0 Å². The quantitative estimate of drug-likeness (QED) is 0.791. The zero-order valence-electron chi connectivity index (χ0n) is 5.66. The van der Waals surface area contributed by atoms with Crippen LogP contribution in [0.3, 0.4) is 0 Å². The number of hydrogen-bond acceptors (Lipinski definition) is 3. The minimum Gasteiger partial charge on any atom is -0.459 e. The smallest absolute Gasteiger partial charge is 0.345 e. The molecule has 0 saturated heterocycles. The monoisotopic (exact) mass is 227 g/mol. The third-order valence-corrected chi connectivity index (χ3v) is 1.95. The summed E-state index contributed by atoms with van der Waals surface area (Å²) in [7, 11) is 0. The van der Waals surface area contributed by atoms with Gasteiger partial charge in [-0.05, 0) is 34.6 Å². The lowest BCUT2D eigenvalue weighted by Gasteiger charge is -2.01. The van der Waals surface area contributed by atoms with Crippen LogP contribution in [0, 0.1) is 0 Å². The second kappa shape index (κ2) is 3.52. The molecule has 1 amide bonds. The van der Waals surface area contributed by atoms with Gasteiger partial charge in [0.2, 0.25) is 0 Å². The van der Waals surface area contributed by atoms with Gasteiger partial charge in [0.1, 0.15) is 0 Å². The standard InChI is InChI=1S/C5H4Cl2NO3P/c6-12(7,10)8-5(9)4-2-1-3-11-4/h1-3H,(H,8,9,10). The van der Waals surface area contributed by atoms with E-state index in [2.05, 4.69) is 0 Å². The van der Waals surface area contributed by atoms with E-state index in [1.165, 1.54) is 18.4 Å². The summed E-state index contributed by atoms with van der Waals surface area (Å²) >= 11 is 10.2. The van der Waals surface area contributed by atoms with E-state index in [9.17, 15) is 9.36 Å². The Morgan fingerprint density at radius 2 is 2.25 bits per heavy atom. The molecule has 0 radical (unpaired) electrons. The Kier molecular flexibility index (Phi) is 2.83. The number of amides is 1. The van der Waals surface area contributed by atoms with Gasteiger partial charge in [0, 0.05) is 0 Å². The molecular weight excluding hydrogens is 224 g/mol. The summed E-state index contributed by atoms with van der Waals surface area (Å²) in [5.74, 6) is -4.27. The molecule has 1 heterocycles. The van der Waals surface area contributed by atoms with E-state index in [1.807, 2.05) is 5.09 Å². The fraction of sp³-hybridized carbons (Fsp3) is 0. The molecular formula is C5H4Cl2NO3P. The largest absolute Gasteiger partial charge is 0.459 e. The minimum absolute atomic E-state index is 0.0107. The van der Waals surface area contributed by atoms with Crippen LogP contribution in [0.5, 0.6) is 0 Å². The SMILES string of the molecule is O=C(NP(=O)(Cl)Cl)c1ccco1. The molecule has 4 nitrogen and oxygen atoms in total. The number of rotatable bonds is 2. The fourth-order valence-corrected chi connectivity index (χ4v) is 1.39. The normalized spacial score (nSPS) is 11.2. The Morgan fingerprint density at radius 1 is 1.58 bits per heavy atom. The average Bonchev–Trinajstić information content (AvgIpc) is 2.32. The Labute approximate surface area is 77.8 Å². The second-order valence-electron chi connectivity index (χ2n) is 1.88. The van der Waals surface area contributed by atoms with Crippen LogP contribution in [0.4, 0.5) is 0 Å². The first-order valence-corrected chi connectivity index (χ1v) is 6.36. The van der Waals surface area contributed by atoms with E-state index in [-0.39, 0.29) is 5.76 Å². The third-order valence-electron chi connectivity index (χ3n) is 0.977. The van der Waals surface area contributed by atoms with E-state index in [0.717, 1.165) is 0 Å². The summed E-state index contributed by atoms with van der Waals surface area (Å²) in [6, 6.07) is 2.92. The topological polar surface area (TPSA) is 59.3 Å². The number of halogens is 2. The molecule has 1 aromatic rings. The number of hydrogen-bond donors (Lipinski definition) is 1. The number of furan rings is 1. The van der Waals surface area contributed by atoms with Crippen LogP contribution in [-0.2, 0) is 4.57 Å². The maximum Gasteiger partial charge on any atom is 0.345 e. The highest BCUT2D eigenvalue weighted by Gasteiger charge is 2.19. The van der Waals surface area contributed by atoms with Gasteiger partial charge in [0.05, 0.1) is 6.26 Å². The Balaban J connectivity index is 2.69. The molecule has 0 aliphatic rings. The molecule has 0 atom stereocenters. The van der Waals surface area contributed by atoms with Crippen molar-refractivity contribution < 1.29 is 13.8 Å². The van der Waals surface area contributed by atoms with Crippen molar-refractivity contribution >= 4 is 34.4 Å². The van der Waals surface area contributed by atoms with E-state index < -0.39 is 11.9 Å². The second-order valence-corrected chi connectivity index (χ2v) is 6.40. The number of carbonyl (C=O) groups excluding carboxylic acids is 1. The van der Waals surface area contributed by atoms with Crippen LogP contribution < -0.4 is 5.09 Å². The molecule has 0 aromatic carbocycles. The molecule has 0 aliphatic heterocycles. The Bertz CT molecular complexity index is 317. The highest BCUT2D eigenvalue weighted by Crippen LogP contribution is 2.52. The molecule has 1 N–H and O–H groups in total. The summed E-state index contributed by atoms with van der Waals surface area (Å²) in [6.07, 6.45) is 1.31. The van der Waals surface area contributed by atoms with Gasteiger partial charge in [-0.15, -0.1) is 0 Å². The first-order valence-electron chi connectivity index (χ1n) is 2.84. The Hall–Kier alpha value is -0.440. The maximum atomic E-state index is 11.0. The third kappa shape index (κ3) is 2.89. The van der Waals surface area contributed by atoms with Crippen molar-refractivity contribution in [3.05, 3.63) is 24.2 Å². The molecule has 0 bridgehead atoms. The van der Waals surface area contributed by atoms with Gasteiger partial charge >= 0.3 is 6.00 Å². The summed E-state index contributed by atoms with van der Waals surface area (Å²) in [6.45, 7) is 0. The molecule has 1 aromatic heterocycles. The van der Waals surface area contributed by atoms with Gasteiger partial charge in [-0.25, -0.2) is 0 Å². The number of nitrogens with one attached hydrogen (secondary N) is 1. The van der Waals surface area contributed by atoms with E-state index in [4.69, 9.17) is 26.9 Å². The predicted octanol–water partition coefficient (Wildman–Crippen LogP) is 2.60. The average molecular weight is 228 g/mol. The summed E-state index contributed by atoms with van der Waals surface area (Å²) in [4.78, 5) is 11.0. The lowest BCUT2D eigenvalue weighted by Crippen LogP contribution is -2.15. The lowest BCUT2D eigenvalue weighted by atomic mass is 10.4. The van der Waals surface area contributed by atoms with E-state index in [1.54, 1.807) is 0 Å². The highest BCUT2D eigenvalue weighted by molar-refractivity contribution is 8.07. The fourth-order valence-electron chi connectivity index (χ4n) is 0.581. The molecule has 0 unspecified atom stereocenters. The molecule has 0 aliphatic carbocycles. The molecule has 12 heavy (non-hydrogen) atoms.